The molecule has 0 spiro atoms. The number of hydrogen-bond donors (Lipinski definition) is 1. The average Bonchev–Trinajstić information content (AvgIpc) is 3.19. The fourth-order valence-corrected chi connectivity index (χ4v) is 2.78. The zero-order chi connectivity index (χ0) is 20.8. The summed E-state index contributed by atoms with van der Waals surface area (Å²) in [7, 11) is 0. The molecule has 0 atom stereocenters. The van der Waals surface area contributed by atoms with Gasteiger partial charge in [0.05, 0.1) is 6.54 Å². The molecule has 30 heavy (non-hydrogen) atoms. The smallest absolute Gasteiger partial charge is 0.244 e. The zero-order valence-electron chi connectivity index (χ0n) is 15.9. The molecule has 8 heteroatoms. The van der Waals surface area contributed by atoms with Gasteiger partial charge < -0.3 is 10.1 Å². The Kier molecular flexibility index (Phi) is 5.75. The second-order valence-corrected chi connectivity index (χ2v) is 6.36. The van der Waals surface area contributed by atoms with Gasteiger partial charge in [0.2, 0.25) is 11.8 Å². The monoisotopic (exact) mass is 403 g/mol. The summed E-state index contributed by atoms with van der Waals surface area (Å²) in [5.41, 5.74) is 2.02. The van der Waals surface area contributed by atoms with Crippen molar-refractivity contribution in [3.05, 3.63) is 84.2 Å². The van der Waals surface area contributed by atoms with E-state index >= 15 is 0 Å². The molecule has 2 heterocycles. The highest BCUT2D eigenvalue weighted by Gasteiger charge is 2.11. The SMILES string of the molecule is O=C(/C=C/c1ccccc1)NCCOc1ccc2nnc(-c3cccc(F)c3)n2n1. The largest absolute Gasteiger partial charge is 0.475 e. The molecule has 0 unspecified atom stereocenters. The van der Waals surface area contributed by atoms with Crippen LogP contribution in [0.15, 0.2) is 72.8 Å². The van der Waals surface area contributed by atoms with E-state index in [0.717, 1.165) is 5.56 Å². The number of ether oxygens (including phenoxy) is 1. The molecule has 1 amide bonds. The highest BCUT2D eigenvalue weighted by atomic mass is 19.1. The highest BCUT2D eigenvalue weighted by Crippen LogP contribution is 2.19. The van der Waals surface area contributed by atoms with Gasteiger partial charge in [0.25, 0.3) is 0 Å². The number of carbonyl (C=O) groups is 1. The second kappa shape index (κ2) is 8.95. The molecule has 0 aliphatic heterocycles. The Bertz CT molecular complexity index is 1190. The number of nitrogens with zero attached hydrogens (tertiary/aromatic N) is 4. The molecule has 0 radical (unpaired) electrons. The predicted molar refractivity (Wildman–Crippen MR) is 110 cm³/mol. The normalized spacial score (nSPS) is 11.1. The molecule has 0 saturated carbocycles. The van der Waals surface area contributed by atoms with Gasteiger partial charge in [-0.15, -0.1) is 15.3 Å². The molecule has 1 N–H and O–H groups in total. The van der Waals surface area contributed by atoms with Crippen LogP contribution in [0.5, 0.6) is 5.88 Å². The minimum absolute atomic E-state index is 0.210. The molecule has 0 aliphatic carbocycles. The number of carbonyl (C=O) groups excluding carboxylic acids is 1. The number of hydrogen-bond acceptors (Lipinski definition) is 5. The Morgan fingerprint density at radius 2 is 1.93 bits per heavy atom. The van der Waals surface area contributed by atoms with Crippen molar-refractivity contribution in [1.29, 1.82) is 0 Å². The summed E-state index contributed by atoms with van der Waals surface area (Å²) in [6.07, 6.45) is 3.22. The molecule has 2 aromatic carbocycles. The third-order valence-corrected chi connectivity index (χ3v) is 4.20. The number of benzene rings is 2. The number of aromatic nitrogens is 4. The van der Waals surface area contributed by atoms with Gasteiger partial charge >= 0.3 is 0 Å². The minimum atomic E-state index is -0.367. The fourth-order valence-electron chi connectivity index (χ4n) is 2.78. The fraction of sp³-hybridized carbons (Fsp3) is 0.0909. The van der Waals surface area contributed by atoms with Crippen molar-refractivity contribution in [1.82, 2.24) is 25.1 Å². The summed E-state index contributed by atoms with van der Waals surface area (Å²) in [6, 6.07) is 19.0. The van der Waals surface area contributed by atoms with E-state index in [4.69, 9.17) is 4.74 Å². The van der Waals surface area contributed by atoms with E-state index in [1.165, 1.54) is 22.7 Å². The van der Waals surface area contributed by atoms with Gasteiger partial charge in [-0.3, -0.25) is 4.79 Å². The maximum absolute atomic E-state index is 13.5. The van der Waals surface area contributed by atoms with Gasteiger partial charge in [0.15, 0.2) is 11.5 Å². The van der Waals surface area contributed by atoms with Crippen molar-refractivity contribution in [2.45, 2.75) is 0 Å². The number of halogens is 1. The van der Waals surface area contributed by atoms with Crippen molar-refractivity contribution in [2.75, 3.05) is 13.2 Å². The van der Waals surface area contributed by atoms with E-state index in [0.29, 0.717) is 29.5 Å². The molecule has 0 saturated heterocycles. The minimum Gasteiger partial charge on any atom is -0.475 e. The third kappa shape index (κ3) is 4.67. The van der Waals surface area contributed by atoms with Crippen molar-refractivity contribution in [3.63, 3.8) is 0 Å². The molecule has 4 rings (SSSR count). The number of fused-ring (bicyclic) bond motifs is 1. The van der Waals surface area contributed by atoms with Crippen LogP contribution in [0.1, 0.15) is 5.56 Å². The lowest BCUT2D eigenvalue weighted by Gasteiger charge is -2.06. The van der Waals surface area contributed by atoms with Gasteiger partial charge in [-0.25, -0.2) is 4.39 Å². The number of nitrogens with one attached hydrogen (secondary N) is 1. The maximum Gasteiger partial charge on any atom is 0.244 e. The molecular formula is C22H18FN5O2. The Morgan fingerprint density at radius 3 is 2.77 bits per heavy atom. The lowest BCUT2D eigenvalue weighted by Crippen LogP contribution is -2.26. The van der Waals surface area contributed by atoms with E-state index in [1.54, 1.807) is 30.3 Å². The van der Waals surface area contributed by atoms with Crippen LogP contribution < -0.4 is 10.1 Å². The lowest BCUT2D eigenvalue weighted by atomic mass is 10.2. The molecule has 0 bridgehead atoms. The topological polar surface area (TPSA) is 81.4 Å². The van der Waals surface area contributed by atoms with E-state index in [9.17, 15) is 9.18 Å². The Labute approximate surface area is 171 Å². The molecular weight excluding hydrogens is 385 g/mol. The summed E-state index contributed by atoms with van der Waals surface area (Å²) in [5.74, 6) is 0.176. The first-order chi connectivity index (χ1) is 14.7. The molecule has 2 aromatic heterocycles. The maximum atomic E-state index is 13.5. The van der Waals surface area contributed by atoms with Crippen LogP contribution in [-0.4, -0.2) is 38.9 Å². The van der Waals surface area contributed by atoms with Crippen LogP contribution in [0.2, 0.25) is 0 Å². The second-order valence-electron chi connectivity index (χ2n) is 6.36. The Hall–Kier alpha value is -4.07. The summed E-state index contributed by atoms with van der Waals surface area (Å²) >= 11 is 0. The van der Waals surface area contributed by atoms with Gasteiger partial charge in [0, 0.05) is 17.7 Å². The molecule has 0 aliphatic rings. The quantitative estimate of drug-likeness (QED) is 0.379. The van der Waals surface area contributed by atoms with Crippen LogP contribution in [0.25, 0.3) is 23.1 Å². The molecule has 150 valence electrons. The van der Waals surface area contributed by atoms with Crippen LogP contribution in [0, 0.1) is 5.82 Å². The van der Waals surface area contributed by atoms with Crippen LogP contribution >= 0.6 is 0 Å². The van der Waals surface area contributed by atoms with Gasteiger partial charge in [-0.2, -0.15) is 4.52 Å². The van der Waals surface area contributed by atoms with E-state index in [1.807, 2.05) is 30.3 Å². The summed E-state index contributed by atoms with van der Waals surface area (Å²) in [6.45, 7) is 0.553. The summed E-state index contributed by atoms with van der Waals surface area (Å²) in [4.78, 5) is 11.9. The summed E-state index contributed by atoms with van der Waals surface area (Å²) in [5, 5.41) is 15.2. The van der Waals surface area contributed by atoms with Crippen molar-refractivity contribution in [3.8, 4) is 17.3 Å². The van der Waals surface area contributed by atoms with Crippen LogP contribution in [-0.2, 0) is 4.79 Å². The first-order valence-corrected chi connectivity index (χ1v) is 9.31. The van der Waals surface area contributed by atoms with Crippen molar-refractivity contribution >= 4 is 17.6 Å². The van der Waals surface area contributed by atoms with Gasteiger partial charge in [-0.1, -0.05) is 42.5 Å². The first kappa shape index (κ1) is 19.3. The van der Waals surface area contributed by atoms with Gasteiger partial charge in [0.1, 0.15) is 12.4 Å². The summed E-state index contributed by atoms with van der Waals surface area (Å²) < 4.78 is 20.6. The highest BCUT2D eigenvalue weighted by molar-refractivity contribution is 5.91. The lowest BCUT2D eigenvalue weighted by molar-refractivity contribution is -0.116. The van der Waals surface area contributed by atoms with E-state index in [-0.39, 0.29) is 18.3 Å². The van der Waals surface area contributed by atoms with Crippen LogP contribution in [0.4, 0.5) is 4.39 Å². The van der Waals surface area contributed by atoms with Crippen molar-refractivity contribution in [2.24, 2.45) is 0 Å². The number of rotatable bonds is 7. The molecule has 0 fully saturated rings. The van der Waals surface area contributed by atoms with E-state index < -0.39 is 0 Å². The van der Waals surface area contributed by atoms with Crippen LogP contribution in [0.3, 0.4) is 0 Å². The Morgan fingerprint density at radius 1 is 1.07 bits per heavy atom. The average molecular weight is 403 g/mol. The third-order valence-electron chi connectivity index (χ3n) is 4.20. The number of amides is 1. The first-order valence-electron chi connectivity index (χ1n) is 9.31. The standard InChI is InChI=1S/C22H18FN5O2/c23-18-8-4-7-17(15-18)22-26-25-19-10-12-21(27-28(19)22)30-14-13-24-20(29)11-9-16-5-2-1-3-6-16/h1-12,15H,13-14H2,(H,24,29)/b11-9+. The molecule has 4 aromatic rings. The zero-order valence-corrected chi connectivity index (χ0v) is 15.9. The van der Waals surface area contributed by atoms with Crippen molar-refractivity contribution < 1.29 is 13.9 Å². The predicted octanol–water partition coefficient (Wildman–Crippen LogP) is 3.14. The Balaban J connectivity index is 1.35. The van der Waals surface area contributed by atoms with E-state index in [2.05, 4.69) is 20.6 Å². The van der Waals surface area contributed by atoms with Gasteiger partial charge in [-0.05, 0) is 29.8 Å². The molecule has 7 nitrogen and oxygen atoms in total.